The molecule has 1 amide bonds. The molecule has 5 heteroatoms. The molecule has 2 N–H and O–H groups in total. The summed E-state index contributed by atoms with van der Waals surface area (Å²) < 4.78 is 2.30. The third-order valence-corrected chi connectivity index (χ3v) is 5.11. The monoisotopic (exact) mass is 336 g/mol. The van der Waals surface area contributed by atoms with Crippen molar-refractivity contribution in [3.8, 4) is 0 Å². The van der Waals surface area contributed by atoms with E-state index in [1.165, 1.54) is 22.2 Å². The summed E-state index contributed by atoms with van der Waals surface area (Å²) in [6, 6.07) is 12.9. The molecule has 25 heavy (non-hydrogen) atoms. The number of carbonyl (C=O) groups is 1. The van der Waals surface area contributed by atoms with E-state index in [0.717, 1.165) is 26.2 Å². The predicted molar refractivity (Wildman–Crippen MR) is 99.0 cm³/mol. The predicted octanol–water partition coefficient (Wildman–Crippen LogP) is 2.74. The Kier molecular flexibility index (Phi) is 4.32. The lowest BCUT2D eigenvalue weighted by Gasteiger charge is -2.24. The maximum atomic E-state index is 11.9. The summed E-state index contributed by atoms with van der Waals surface area (Å²) in [5, 5.41) is 4.05. The van der Waals surface area contributed by atoms with Gasteiger partial charge in [-0.1, -0.05) is 12.1 Å². The second-order valence-corrected chi connectivity index (χ2v) is 6.92. The van der Waals surface area contributed by atoms with Crippen molar-refractivity contribution in [2.45, 2.75) is 26.1 Å². The molecular formula is C20H24N4O. The van der Waals surface area contributed by atoms with Gasteiger partial charge in [0.15, 0.2) is 0 Å². The molecule has 0 fully saturated rings. The lowest BCUT2D eigenvalue weighted by atomic mass is 10.0. The summed E-state index contributed by atoms with van der Waals surface area (Å²) in [4.78, 5) is 17.7. The lowest BCUT2D eigenvalue weighted by molar-refractivity contribution is -0.121. The largest absolute Gasteiger partial charge is 0.361 e. The van der Waals surface area contributed by atoms with Gasteiger partial charge >= 0.3 is 0 Å². The van der Waals surface area contributed by atoms with Crippen LogP contribution in [0.2, 0.25) is 0 Å². The minimum absolute atomic E-state index is 0.119. The normalized spacial score (nSPS) is 18.0. The van der Waals surface area contributed by atoms with Gasteiger partial charge in [-0.15, -0.1) is 0 Å². The zero-order valence-corrected chi connectivity index (χ0v) is 14.5. The first kappa shape index (κ1) is 16.0. The van der Waals surface area contributed by atoms with Crippen LogP contribution in [0.3, 0.4) is 0 Å². The maximum absolute atomic E-state index is 11.9. The SMILES string of the molecule is CNC(=O)C[C@@H]1CN(Cc2cccc3[nH]ccc23)Cc2cccn2C1. The number of amides is 1. The van der Waals surface area contributed by atoms with Crippen LogP contribution in [0.1, 0.15) is 17.7 Å². The van der Waals surface area contributed by atoms with Crippen LogP contribution in [-0.2, 0) is 24.4 Å². The Balaban J connectivity index is 1.59. The molecule has 3 aromatic rings. The fourth-order valence-electron chi connectivity index (χ4n) is 3.91. The van der Waals surface area contributed by atoms with Crippen LogP contribution >= 0.6 is 0 Å². The summed E-state index contributed by atoms with van der Waals surface area (Å²) in [7, 11) is 1.71. The van der Waals surface area contributed by atoms with E-state index in [4.69, 9.17) is 0 Å². The fraction of sp³-hybridized carbons (Fsp3) is 0.350. The fourth-order valence-corrected chi connectivity index (χ4v) is 3.91. The third kappa shape index (κ3) is 3.33. The molecule has 1 aliphatic heterocycles. The molecule has 4 rings (SSSR count). The number of aromatic amines is 1. The minimum Gasteiger partial charge on any atom is -0.361 e. The van der Waals surface area contributed by atoms with Crippen molar-refractivity contribution >= 4 is 16.8 Å². The van der Waals surface area contributed by atoms with Gasteiger partial charge in [-0.2, -0.15) is 0 Å². The van der Waals surface area contributed by atoms with Gasteiger partial charge in [0.1, 0.15) is 0 Å². The molecule has 0 saturated carbocycles. The van der Waals surface area contributed by atoms with Crippen LogP contribution in [0.15, 0.2) is 48.8 Å². The average molecular weight is 336 g/mol. The van der Waals surface area contributed by atoms with Crippen LogP contribution < -0.4 is 5.32 Å². The number of aromatic nitrogens is 2. The number of rotatable bonds is 4. The van der Waals surface area contributed by atoms with Crippen molar-refractivity contribution in [2.75, 3.05) is 13.6 Å². The van der Waals surface area contributed by atoms with Crippen LogP contribution in [0.4, 0.5) is 0 Å². The number of nitrogens with zero attached hydrogens (tertiary/aromatic N) is 2. The zero-order valence-electron chi connectivity index (χ0n) is 14.5. The first-order valence-corrected chi connectivity index (χ1v) is 8.85. The number of hydrogen-bond acceptors (Lipinski definition) is 2. The van der Waals surface area contributed by atoms with Gasteiger partial charge in [0, 0.05) is 68.6 Å². The molecule has 5 nitrogen and oxygen atoms in total. The van der Waals surface area contributed by atoms with Crippen LogP contribution in [0.5, 0.6) is 0 Å². The first-order chi connectivity index (χ1) is 12.2. The number of fused-ring (bicyclic) bond motifs is 2. The van der Waals surface area contributed by atoms with Crippen LogP contribution in [0.25, 0.3) is 10.9 Å². The van der Waals surface area contributed by atoms with E-state index in [-0.39, 0.29) is 5.91 Å². The molecule has 0 aliphatic carbocycles. The Labute approximate surface area is 147 Å². The van der Waals surface area contributed by atoms with Crippen LogP contribution in [-0.4, -0.2) is 34.0 Å². The smallest absolute Gasteiger partial charge is 0.220 e. The Morgan fingerprint density at radius 3 is 3.04 bits per heavy atom. The lowest BCUT2D eigenvalue weighted by Crippen LogP contribution is -2.31. The molecule has 1 aliphatic rings. The van der Waals surface area contributed by atoms with Crippen molar-refractivity contribution in [3.63, 3.8) is 0 Å². The molecule has 0 saturated heterocycles. The molecule has 3 heterocycles. The van der Waals surface area contributed by atoms with E-state index in [1.54, 1.807) is 7.05 Å². The Hall–Kier alpha value is -2.53. The molecular weight excluding hydrogens is 312 g/mol. The molecule has 1 aromatic carbocycles. The molecule has 1 atom stereocenters. The standard InChI is InChI=1S/C20H24N4O/c1-21-20(25)10-15-11-23(14-17-5-3-9-24(17)12-15)13-16-4-2-6-19-18(16)7-8-22-19/h2-9,15,22H,10-14H2,1H3,(H,21,25)/t15-/m1/s1. The number of benzene rings is 1. The zero-order chi connectivity index (χ0) is 17.2. The highest BCUT2D eigenvalue weighted by Crippen LogP contribution is 2.24. The Morgan fingerprint density at radius 2 is 2.16 bits per heavy atom. The average Bonchev–Trinajstić information content (AvgIpc) is 3.22. The molecule has 2 aromatic heterocycles. The first-order valence-electron chi connectivity index (χ1n) is 8.85. The van der Waals surface area contributed by atoms with Crippen molar-refractivity contribution in [3.05, 3.63) is 60.0 Å². The number of carbonyl (C=O) groups excluding carboxylic acids is 1. The van der Waals surface area contributed by atoms with E-state index in [1.807, 2.05) is 6.20 Å². The summed E-state index contributed by atoms with van der Waals surface area (Å²) in [5.41, 5.74) is 3.83. The number of nitrogens with one attached hydrogen (secondary N) is 2. The van der Waals surface area contributed by atoms with Gasteiger partial charge in [0.05, 0.1) is 0 Å². The van der Waals surface area contributed by atoms with E-state index in [2.05, 4.69) is 62.4 Å². The van der Waals surface area contributed by atoms with Gasteiger partial charge in [-0.05, 0) is 35.7 Å². The van der Waals surface area contributed by atoms with E-state index < -0.39 is 0 Å². The highest BCUT2D eigenvalue weighted by Gasteiger charge is 2.23. The highest BCUT2D eigenvalue weighted by atomic mass is 16.1. The van der Waals surface area contributed by atoms with Crippen LogP contribution in [0, 0.1) is 5.92 Å². The topological polar surface area (TPSA) is 53.1 Å². The van der Waals surface area contributed by atoms with Gasteiger partial charge in [0.25, 0.3) is 0 Å². The summed E-state index contributed by atoms with van der Waals surface area (Å²) >= 11 is 0. The second kappa shape index (κ2) is 6.76. The van der Waals surface area contributed by atoms with Gasteiger partial charge in [-0.3, -0.25) is 9.69 Å². The van der Waals surface area contributed by atoms with Gasteiger partial charge in [-0.25, -0.2) is 0 Å². The highest BCUT2D eigenvalue weighted by molar-refractivity contribution is 5.82. The quantitative estimate of drug-likeness (QED) is 0.770. The van der Waals surface area contributed by atoms with Crippen molar-refractivity contribution < 1.29 is 4.79 Å². The van der Waals surface area contributed by atoms with E-state index in [0.29, 0.717) is 12.3 Å². The Morgan fingerprint density at radius 1 is 1.24 bits per heavy atom. The summed E-state index contributed by atoms with van der Waals surface area (Å²) in [5.74, 6) is 0.437. The maximum Gasteiger partial charge on any atom is 0.220 e. The molecule has 130 valence electrons. The number of hydrogen-bond donors (Lipinski definition) is 2. The van der Waals surface area contributed by atoms with Gasteiger partial charge in [0.2, 0.25) is 5.91 Å². The second-order valence-electron chi connectivity index (χ2n) is 6.92. The van der Waals surface area contributed by atoms with Crippen molar-refractivity contribution in [2.24, 2.45) is 5.92 Å². The van der Waals surface area contributed by atoms with Gasteiger partial charge < -0.3 is 14.9 Å². The molecule has 0 unspecified atom stereocenters. The molecule has 0 bridgehead atoms. The summed E-state index contributed by atoms with van der Waals surface area (Å²) in [6.45, 7) is 3.64. The molecule has 0 spiro atoms. The third-order valence-electron chi connectivity index (χ3n) is 5.11. The Bertz CT molecular complexity index is 879. The number of H-pyrrole nitrogens is 1. The minimum atomic E-state index is 0.119. The summed E-state index contributed by atoms with van der Waals surface area (Å²) in [6.07, 6.45) is 4.69. The van der Waals surface area contributed by atoms with E-state index >= 15 is 0 Å². The van der Waals surface area contributed by atoms with E-state index in [9.17, 15) is 4.79 Å². The van der Waals surface area contributed by atoms with Crippen molar-refractivity contribution in [1.29, 1.82) is 0 Å². The van der Waals surface area contributed by atoms with Crippen molar-refractivity contribution in [1.82, 2.24) is 19.8 Å². The molecule has 0 radical (unpaired) electrons.